The molecule has 1 saturated heterocycles. The second kappa shape index (κ2) is 6.99. The zero-order chi connectivity index (χ0) is 20.9. The maximum absolute atomic E-state index is 13.4. The van der Waals surface area contributed by atoms with E-state index >= 15 is 0 Å². The number of nitrogens with zero attached hydrogens (tertiary/aromatic N) is 5. The van der Waals surface area contributed by atoms with E-state index in [-0.39, 0.29) is 29.0 Å². The number of halogens is 1. The Morgan fingerprint density at radius 3 is 2.41 bits per heavy atom. The van der Waals surface area contributed by atoms with Crippen LogP contribution >= 0.6 is 0 Å². The minimum Gasteiger partial charge on any atom is -0.308 e. The molecule has 1 aromatic carbocycles. The summed E-state index contributed by atoms with van der Waals surface area (Å²) in [5, 5.41) is 6.94. The molecule has 0 radical (unpaired) electrons. The van der Waals surface area contributed by atoms with E-state index in [1.54, 1.807) is 23.7 Å². The van der Waals surface area contributed by atoms with Crippen molar-refractivity contribution in [2.24, 2.45) is 7.05 Å². The summed E-state index contributed by atoms with van der Waals surface area (Å²) in [5.41, 5.74) is 2.48. The fraction of sp³-hybridized carbons (Fsp3) is 0.455. The number of aromatic nitrogens is 3. The van der Waals surface area contributed by atoms with Crippen LogP contribution in [0.2, 0.25) is 0 Å². The first-order valence-electron chi connectivity index (χ1n) is 10.0. The van der Waals surface area contributed by atoms with E-state index < -0.39 is 0 Å². The number of aryl methyl sites for hydroxylation is 1. The largest absolute Gasteiger partial charge is 0.308 e. The van der Waals surface area contributed by atoms with E-state index in [4.69, 9.17) is 5.10 Å². The van der Waals surface area contributed by atoms with Gasteiger partial charge >= 0.3 is 0 Å². The Balaban J connectivity index is 1.61. The standard InChI is InChI=1S/C22H28FN5O/c1-15-13-27(28-14-20-19(24-28)10-11-21(29)25(20)5)16(2)12-26(15)22(3,4)17-6-8-18(23)9-7-17/h6-11,14-16H,12-13H2,1-5H3/t15-,16+/m1/s1. The average Bonchev–Trinajstić information content (AvgIpc) is 3.11. The highest BCUT2D eigenvalue weighted by atomic mass is 19.1. The van der Waals surface area contributed by atoms with Crippen LogP contribution < -0.4 is 10.6 Å². The molecule has 0 saturated carbocycles. The first kappa shape index (κ1) is 19.6. The number of rotatable bonds is 3. The number of hydrogen-bond donors (Lipinski definition) is 0. The first-order chi connectivity index (χ1) is 13.7. The Morgan fingerprint density at radius 2 is 1.72 bits per heavy atom. The van der Waals surface area contributed by atoms with E-state index in [1.807, 2.05) is 23.1 Å². The van der Waals surface area contributed by atoms with Crippen molar-refractivity contribution in [3.05, 3.63) is 64.3 Å². The van der Waals surface area contributed by atoms with Gasteiger partial charge in [0, 0.05) is 31.2 Å². The van der Waals surface area contributed by atoms with Gasteiger partial charge in [0.2, 0.25) is 0 Å². The topological polar surface area (TPSA) is 46.3 Å². The van der Waals surface area contributed by atoms with Gasteiger partial charge in [0.15, 0.2) is 0 Å². The smallest absolute Gasteiger partial charge is 0.250 e. The molecule has 3 aromatic rings. The second-order valence-electron chi connectivity index (χ2n) is 8.59. The molecule has 0 bridgehead atoms. The lowest BCUT2D eigenvalue weighted by molar-refractivity contribution is 0.0405. The highest BCUT2D eigenvalue weighted by Gasteiger charge is 2.39. The van der Waals surface area contributed by atoms with Gasteiger partial charge in [-0.2, -0.15) is 9.89 Å². The molecule has 1 aliphatic heterocycles. The fourth-order valence-corrected chi connectivity index (χ4v) is 4.45. The van der Waals surface area contributed by atoms with Crippen LogP contribution in [0.15, 0.2) is 47.4 Å². The molecule has 1 aliphatic rings. The molecule has 4 rings (SSSR count). The molecular weight excluding hydrogens is 369 g/mol. The van der Waals surface area contributed by atoms with E-state index in [2.05, 4.69) is 37.6 Å². The van der Waals surface area contributed by atoms with Crippen molar-refractivity contribution in [1.82, 2.24) is 19.4 Å². The van der Waals surface area contributed by atoms with Crippen LogP contribution in [0.25, 0.3) is 11.0 Å². The summed E-state index contributed by atoms with van der Waals surface area (Å²) in [5.74, 6) is -0.212. The Labute approximate surface area is 170 Å². The van der Waals surface area contributed by atoms with Crippen LogP contribution in [0, 0.1) is 5.82 Å². The van der Waals surface area contributed by atoms with Gasteiger partial charge in [-0.25, -0.2) is 4.39 Å². The van der Waals surface area contributed by atoms with Crippen molar-refractivity contribution in [2.45, 2.75) is 45.3 Å². The zero-order valence-electron chi connectivity index (χ0n) is 17.6. The molecule has 0 amide bonds. The minimum absolute atomic E-state index is 0.0377. The predicted molar refractivity (Wildman–Crippen MR) is 113 cm³/mol. The number of hydrogen-bond acceptors (Lipinski definition) is 4. The molecule has 7 heteroatoms. The molecule has 154 valence electrons. The predicted octanol–water partition coefficient (Wildman–Crippen LogP) is 2.84. The van der Waals surface area contributed by atoms with Crippen molar-refractivity contribution in [3.8, 4) is 0 Å². The maximum atomic E-state index is 13.4. The highest BCUT2D eigenvalue weighted by molar-refractivity contribution is 5.73. The summed E-state index contributed by atoms with van der Waals surface area (Å²) in [6.45, 7) is 10.4. The molecule has 0 spiro atoms. The summed E-state index contributed by atoms with van der Waals surface area (Å²) >= 11 is 0. The van der Waals surface area contributed by atoms with Crippen molar-refractivity contribution in [1.29, 1.82) is 0 Å². The summed E-state index contributed by atoms with van der Waals surface area (Å²) in [6.07, 6.45) is 1.93. The lowest BCUT2D eigenvalue weighted by atomic mass is 9.89. The summed E-state index contributed by atoms with van der Waals surface area (Å²) in [6, 6.07) is 10.6. The summed E-state index contributed by atoms with van der Waals surface area (Å²) < 4.78 is 15.0. The molecule has 29 heavy (non-hydrogen) atoms. The van der Waals surface area contributed by atoms with Crippen molar-refractivity contribution >= 4 is 11.0 Å². The zero-order valence-corrected chi connectivity index (χ0v) is 17.6. The molecule has 1 fully saturated rings. The molecule has 0 N–H and O–H groups in total. The molecule has 2 aromatic heterocycles. The van der Waals surface area contributed by atoms with Crippen LogP contribution in [0.5, 0.6) is 0 Å². The van der Waals surface area contributed by atoms with Crippen molar-refractivity contribution in [3.63, 3.8) is 0 Å². The van der Waals surface area contributed by atoms with E-state index in [0.29, 0.717) is 0 Å². The van der Waals surface area contributed by atoms with Gasteiger partial charge in [-0.15, -0.1) is 0 Å². The third kappa shape index (κ3) is 3.33. The lowest BCUT2D eigenvalue weighted by Gasteiger charge is -2.51. The van der Waals surface area contributed by atoms with Crippen LogP contribution in [0.1, 0.15) is 33.3 Å². The summed E-state index contributed by atoms with van der Waals surface area (Å²) in [4.78, 5) is 16.3. The lowest BCUT2D eigenvalue weighted by Crippen LogP contribution is -2.64. The quantitative estimate of drug-likeness (QED) is 0.682. The van der Waals surface area contributed by atoms with Crippen LogP contribution in [0.3, 0.4) is 0 Å². The van der Waals surface area contributed by atoms with Gasteiger partial charge in [-0.1, -0.05) is 12.1 Å². The Morgan fingerprint density at radius 1 is 1.03 bits per heavy atom. The van der Waals surface area contributed by atoms with Crippen molar-refractivity contribution < 1.29 is 4.39 Å². The third-order valence-electron chi connectivity index (χ3n) is 6.27. The monoisotopic (exact) mass is 397 g/mol. The molecule has 0 aliphatic carbocycles. The van der Waals surface area contributed by atoms with Crippen molar-refractivity contribution in [2.75, 3.05) is 18.1 Å². The van der Waals surface area contributed by atoms with E-state index in [1.165, 1.54) is 12.1 Å². The van der Waals surface area contributed by atoms with Gasteiger partial charge in [0.05, 0.1) is 24.3 Å². The van der Waals surface area contributed by atoms with Gasteiger partial charge in [-0.3, -0.25) is 14.7 Å². The highest BCUT2D eigenvalue weighted by Crippen LogP contribution is 2.32. The molecule has 3 heterocycles. The first-order valence-corrected chi connectivity index (χ1v) is 10.0. The number of fused-ring (bicyclic) bond motifs is 1. The Bertz CT molecular complexity index is 1080. The second-order valence-corrected chi connectivity index (χ2v) is 8.59. The van der Waals surface area contributed by atoms with Crippen LogP contribution in [-0.4, -0.2) is 44.5 Å². The van der Waals surface area contributed by atoms with Gasteiger partial charge in [-0.05, 0) is 51.5 Å². The summed E-state index contributed by atoms with van der Waals surface area (Å²) in [7, 11) is 1.77. The number of pyridine rings is 1. The maximum Gasteiger partial charge on any atom is 0.250 e. The number of benzene rings is 1. The molecule has 2 atom stereocenters. The van der Waals surface area contributed by atoms with Gasteiger partial charge in [0.25, 0.3) is 5.56 Å². The van der Waals surface area contributed by atoms with Gasteiger partial charge in [0.1, 0.15) is 11.3 Å². The minimum atomic E-state index is -0.216. The van der Waals surface area contributed by atoms with E-state index in [9.17, 15) is 9.18 Å². The fourth-order valence-electron chi connectivity index (χ4n) is 4.45. The number of piperazine rings is 1. The Hall–Kier alpha value is -2.67. The van der Waals surface area contributed by atoms with E-state index in [0.717, 1.165) is 29.7 Å². The molecular formula is C22H28FN5O. The van der Waals surface area contributed by atoms with Crippen LogP contribution in [0.4, 0.5) is 4.39 Å². The Kier molecular flexibility index (Phi) is 4.73. The molecule has 6 nitrogen and oxygen atoms in total. The molecule has 0 unspecified atom stereocenters. The normalized spacial score (nSPS) is 21.1. The third-order valence-corrected chi connectivity index (χ3v) is 6.27. The van der Waals surface area contributed by atoms with Crippen LogP contribution in [-0.2, 0) is 12.6 Å². The van der Waals surface area contributed by atoms with Gasteiger partial charge < -0.3 is 4.57 Å². The SMILES string of the molecule is C[C@@H]1CN(n2cc3c(ccc(=O)n3C)n2)[C@@H](C)CN1C(C)(C)c1ccc(F)cc1. The average molecular weight is 397 g/mol.